The van der Waals surface area contributed by atoms with Gasteiger partial charge < -0.3 is 15.5 Å². The van der Waals surface area contributed by atoms with Crippen molar-refractivity contribution in [3.05, 3.63) is 66.2 Å². The standard InChI is InChI=1S/C21H24N6/c1-4-10-17(11-5-1)16-22-19-24-20(23-18-12-6-2-7-13-18)26-21(25-19)27-14-8-3-9-15-27/h1-2,4-7,10-13H,3,8-9,14-16H2,(H2,22,23,24,25,26). The summed E-state index contributed by atoms with van der Waals surface area (Å²) < 4.78 is 0. The second kappa shape index (κ2) is 8.49. The van der Waals surface area contributed by atoms with Crippen LogP contribution in [0, 0.1) is 0 Å². The largest absolute Gasteiger partial charge is 0.350 e. The lowest BCUT2D eigenvalue weighted by atomic mass is 10.1. The van der Waals surface area contributed by atoms with Gasteiger partial charge in [0.1, 0.15) is 0 Å². The molecule has 0 saturated carbocycles. The zero-order valence-corrected chi connectivity index (χ0v) is 15.3. The van der Waals surface area contributed by atoms with Gasteiger partial charge in [0.05, 0.1) is 0 Å². The predicted molar refractivity (Wildman–Crippen MR) is 109 cm³/mol. The Bertz CT molecular complexity index is 847. The summed E-state index contributed by atoms with van der Waals surface area (Å²) in [7, 11) is 0. The van der Waals surface area contributed by atoms with E-state index in [0.717, 1.165) is 24.7 Å². The Balaban J connectivity index is 1.57. The Morgan fingerprint density at radius 1 is 0.741 bits per heavy atom. The van der Waals surface area contributed by atoms with Gasteiger partial charge in [-0.05, 0) is 37.0 Å². The lowest BCUT2D eigenvalue weighted by Gasteiger charge is -2.27. The lowest BCUT2D eigenvalue weighted by Crippen LogP contribution is -2.31. The number of hydrogen-bond donors (Lipinski definition) is 2. The summed E-state index contributed by atoms with van der Waals surface area (Å²) in [4.78, 5) is 16.1. The number of piperidine rings is 1. The van der Waals surface area contributed by atoms with Crippen LogP contribution in [0.1, 0.15) is 24.8 Å². The maximum atomic E-state index is 4.67. The summed E-state index contributed by atoms with van der Waals surface area (Å²) in [5, 5.41) is 6.63. The molecule has 3 aromatic rings. The molecule has 1 aromatic heterocycles. The highest BCUT2D eigenvalue weighted by atomic mass is 15.3. The van der Waals surface area contributed by atoms with Gasteiger partial charge in [0, 0.05) is 25.3 Å². The summed E-state index contributed by atoms with van der Waals surface area (Å²) in [5.74, 6) is 1.89. The van der Waals surface area contributed by atoms with Gasteiger partial charge in [0.2, 0.25) is 17.8 Å². The molecule has 0 unspecified atom stereocenters. The van der Waals surface area contributed by atoms with Crippen LogP contribution < -0.4 is 15.5 Å². The zero-order chi connectivity index (χ0) is 18.3. The van der Waals surface area contributed by atoms with Crippen LogP contribution in [0.15, 0.2) is 60.7 Å². The first-order valence-electron chi connectivity index (χ1n) is 9.48. The average Bonchev–Trinajstić information content (AvgIpc) is 2.74. The molecule has 6 heteroatoms. The third kappa shape index (κ3) is 4.73. The third-order valence-electron chi connectivity index (χ3n) is 4.59. The highest BCUT2D eigenvalue weighted by Crippen LogP contribution is 2.21. The van der Waals surface area contributed by atoms with Crippen LogP contribution in [-0.2, 0) is 6.54 Å². The molecule has 6 nitrogen and oxygen atoms in total. The smallest absolute Gasteiger partial charge is 0.233 e. The van der Waals surface area contributed by atoms with Crippen molar-refractivity contribution in [3.63, 3.8) is 0 Å². The Hall–Kier alpha value is -3.15. The van der Waals surface area contributed by atoms with E-state index in [4.69, 9.17) is 0 Å². The summed E-state index contributed by atoms with van der Waals surface area (Å²) in [6.07, 6.45) is 3.63. The summed E-state index contributed by atoms with van der Waals surface area (Å²) >= 11 is 0. The summed E-state index contributed by atoms with van der Waals surface area (Å²) in [6.45, 7) is 2.66. The number of anilines is 4. The molecule has 0 atom stereocenters. The highest BCUT2D eigenvalue weighted by Gasteiger charge is 2.16. The molecule has 2 N–H and O–H groups in total. The van der Waals surface area contributed by atoms with Crippen LogP contribution in [0.25, 0.3) is 0 Å². The van der Waals surface area contributed by atoms with Gasteiger partial charge in [-0.3, -0.25) is 0 Å². The van der Waals surface area contributed by atoms with Crippen molar-refractivity contribution in [3.8, 4) is 0 Å². The van der Waals surface area contributed by atoms with Crippen molar-refractivity contribution in [2.45, 2.75) is 25.8 Å². The molecule has 2 aromatic carbocycles. The van der Waals surface area contributed by atoms with E-state index in [1.165, 1.54) is 24.8 Å². The van der Waals surface area contributed by atoms with E-state index in [0.29, 0.717) is 18.4 Å². The van der Waals surface area contributed by atoms with Crippen molar-refractivity contribution >= 4 is 23.5 Å². The number of nitrogens with zero attached hydrogens (tertiary/aromatic N) is 4. The van der Waals surface area contributed by atoms with Crippen molar-refractivity contribution in [1.82, 2.24) is 15.0 Å². The van der Waals surface area contributed by atoms with Crippen LogP contribution in [-0.4, -0.2) is 28.0 Å². The van der Waals surface area contributed by atoms with Gasteiger partial charge in [-0.1, -0.05) is 48.5 Å². The molecule has 2 heterocycles. The maximum Gasteiger partial charge on any atom is 0.233 e. The Morgan fingerprint density at radius 2 is 1.41 bits per heavy atom. The fraction of sp³-hybridized carbons (Fsp3) is 0.286. The van der Waals surface area contributed by atoms with E-state index in [1.807, 2.05) is 48.5 Å². The van der Waals surface area contributed by atoms with Crippen molar-refractivity contribution < 1.29 is 0 Å². The van der Waals surface area contributed by atoms with Gasteiger partial charge in [0.25, 0.3) is 0 Å². The maximum absolute atomic E-state index is 4.67. The second-order valence-corrected chi connectivity index (χ2v) is 6.66. The quantitative estimate of drug-likeness (QED) is 0.686. The van der Waals surface area contributed by atoms with Gasteiger partial charge in [0.15, 0.2) is 0 Å². The van der Waals surface area contributed by atoms with Crippen molar-refractivity contribution in [2.24, 2.45) is 0 Å². The fourth-order valence-corrected chi connectivity index (χ4v) is 3.16. The van der Waals surface area contributed by atoms with Crippen LogP contribution in [0.3, 0.4) is 0 Å². The van der Waals surface area contributed by atoms with Gasteiger partial charge in [-0.2, -0.15) is 15.0 Å². The topological polar surface area (TPSA) is 66.0 Å². The Kier molecular flexibility index (Phi) is 5.43. The fourth-order valence-electron chi connectivity index (χ4n) is 3.16. The molecule has 0 radical (unpaired) electrons. The molecule has 0 bridgehead atoms. The Morgan fingerprint density at radius 3 is 2.15 bits per heavy atom. The molecular weight excluding hydrogens is 336 g/mol. The number of rotatable bonds is 6. The van der Waals surface area contributed by atoms with Crippen molar-refractivity contribution in [2.75, 3.05) is 28.6 Å². The van der Waals surface area contributed by atoms with Gasteiger partial charge in [-0.25, -0.2) is 0 Å². The SMILES string of the molecule is c1ccc(CNc2nc(Nc3ccccc3)nc(N3CCCCC3)n2)cc1. The minimum atomic E-state index is 0.562. The molecule has 0 spiro atoms. The minimum Gasteiger partial charge on any atom is -0.350 e. The third-order valence-corrected chi connectivity index (χ3v) is 4.59. The second-order valence-electron chi connectivity index (χ2n) is 6.66. The monoisotopic (exact) mass is 360 g/mol. The van der Waals surface area contributed by atoms with Crippen LogP contribution in [0.2, 0.25) is 0 Å². The van der Waals surface area contributed by atoms with Crippen molar-refractivity contribution in [1.29, 1.82) is 0 Å². The number of para-hydroxylation sites is 1. The zero-order valence-electron chi connectivity index (χ0n) is 15.3. The molecule has 0 aliphatic carbocycles. The number of aromatic nitrogens is 3. The van der Waals surface area contributed by atoms with E-state index in [9.17, 15) is 0 Å². The molecule has 0 amide bonds. The van der Waals surface area contributed by atoms with Gasteiger partial charge in [-0.15, -0.1) is 0 Å². The van der Waals surface area contributed by atoms with Gasteiger partial charge >= 0.3 is 0 Å². The number of hydrogen-bond acceptors (Lipinski definition) is 6. The van der Waals surface area contributed by atoms with E-state index >= 15 is 0 Å². The molecule has 138 valence electrons. The minimum absolute atomic E-state index is 0.562. The molecule has 27 heavy (non-hydrogen) atoms. The molecule has 1 saturated heterocycles. The first kappa shape index (κ1) is 17.3. The Labute approximate surface area is 159 Å². The first-order valence-corrected chi connectivity index (χ1v) is 9.48. The predicted octanol–water partition coefficient (Wildman–Crippen LogP) is 4.22. The van der Waals surface area contributed by atoms with E-state index < -0.39 is 0 Å². The summed E-state index contributed by atoms with van der Waals surface area (Å²) in [5.41, 5.74) is 2.15. The number of nitrogens with one attached hydrogen (secondary N) is 2. The van der Waals surface area contributed by atoms with E-state index in [2.05, 4.69) is 42.6 Å². The normalized spacial score (nSPS) is 14.0. The van der Waals surface area contributed by atoms with E-state index in [-0.39, 0.29) is 0 Å². The van der Waals surface area contributed by atoms with E-state index in [1.54, 1.807) is 0 Å². The van der Waals surface area contributed by atoms with Crippen LogP contribution >= 0.6 is 0 Å². The molecule has 1 aliphatic rings. The molecule has 4 rings (SSSR count). The molecular formula is C21H24N6. The average molecular weight is 360 g/mol. The molecule has 1 fully saturated rings. The summed E-state index contributed by atoms with van der Waals surface area (Å²) in [6, 6.07) is 20.2. The first-order chi connectivity index (χ1) is 13.4. The lowest BCUT2D eigenvalue weighted by molar-refractivity contribution is 0.568. The van der Waals surface area contributed by atoms with Crippen LogP contribution in [0.4, 0.5) is 23.5 Å². The highest BCUT2D eigenvalue weighted by molar-refractivity contribution is 5.55. The molecule has 1 aliphatic heterocycles. The number of benzene rings is 2. The van der Waals surface area contributed by atoms with Crippen LogP contribution in [0.5, 0.6) is 0 Å².